The number of imidazole rings is 1. The summed E-state index contributed by atoms with van der Waals surface area (Å²) in [5.74, 6) is 0. The number of benzene rings is 1. The molecule has 1 aliphatic rings. The first kappa shape index (κ1) is 12.2. The van der Waals surface area contributed by atoms with Gasteiger partial charge < -0.3 is 14.7 Å². The van der Waals surface area contributed by atoms with Crippen molar-refractivity contribution in [2.24, 2.45) is 0 Å². The van der Waals surface area contributed by atoms with E-state index in [4.69, 9.17) is 23.8 Å². The number of aliphatic hydroxyl groups excluding tert-OH is 1. The van der Waals surface area contributed by atoms with Crippen molar-refractivity contribution in [1.82, 2.24) is 9.55 Å². The van der Waals surface area contributed by atoms with Crippen molar-refractivity contribution < 1.29 is 5.11 Å². The normalized spacial score (nSPS) is 24.6. The number of hydrogen-bond donors (Lipinski definition) is 2. The number of rotatable bonds is 1. The number of aliphatic hydroxyl groups is 1. The van der Waals surface area contributed by atoms with Gasteiger partial charge in [-0.3, -0.25) is 0 Å². The summed E-state index contributed by atoms with van der Waals surface area (Å²) < 4.78 is 2.64. The quantitative estimate of drug-likeness (QED) is 0.781. The lowest BCUT2D eigenvalue weighted by Crippen LogP contribution is -2.27. The third-order valence-electron chi connectivity index (χ3n) is 3.71. The van der Waals surface area contributed by atoms with Crippen LogP contribution in [0.1, 0.15) is 31.7 Å². The van der Waals surface area contributed by atoms with Crippen LogP contribution in [0.5, 0.6) is 0 Å². The average Bonchev–Trinajstić information content (AvgIpc) is 2.68. The molecule has 3 rings (SSSR count). The SMILES string of the molecule is OC1CCCCC1n1c(=S)[nH]c2cccc(Cl)c21. The number of hydrogen-bond acceptors (Lipinski definition) is 2. The van der Waals surface area contributed by atoms with E-state index in [1.165, 1.54) is 0 Å². The van der Waals surface area contributed by atoms with Gasteiger partial charge in [0, 0.05) is 0 Å². The van der Waals surface area contributed by atoms with Crippen LogP contribution in [0.25, 0.3) is 11.0 Å². The predicted octanol–water partition coefficient (Wildman–Crippen LogP) is 3.83. The molecule has 1 aliphatic carbocycles. The molecular formula is C13H15ClN2OS. The summed E-state index contributed by atoms with van der Waals surface area (Å²) >= 11 is 11.7. The van der Waals surface area contributed by atoms with Gasteiger partial charge in [-0.15, -0.1) is 0 Å². The van der Waals surface area contributed by atoms with Gasteiger partial charge in [-0.05, 0) is 37.2 Å². The molecule has 0 bridgehead atoms. The second-order valence-corrected chi connectivity index (χ2v) is 5.65. The molecule has 1 heterocycles. The van der Waals surface area contributed by atoms with Crippen molar-refractivity contribution in [3.8, 4) is 0 Å². The van der Waals surface area contributed by atoms with Gasteiger partial charge in [0.05, 0.1) is 28.2 Å². The number of nitrogens with one attached hydrogen (secondary N) is 1. The Balaban J connectivity index is 2.21. The third-order valence-corrected chi connectivity index (χ3v) is 4.32. The predicted molar refractivity (Wildman–Crippen MR) is 75.6 cm³/mol. The molecule has 2 aromatic rings. The van der Waals surface area contributed by atoms with Crippen LogP contribution in [0.15, 0.2) is 18.2 Å². The van der Waals surface area contributed by atoms with E-state index in [0.717, 1.165) is 36.7 Å². The molecule has 5 heteroatoms. The van der Waals surface area contributed by atoms with Gasteiger partial charge >= 0.3 is 0 Å². The van der Waals surface area contributed by atoms with Gasteiger partial charge in [0.25, 0.3) is 0 Å². The molecule has 0 aliphatic heterocycles. The van der Waals surface area contributed by atoms with Crippen molar-refractivity contribution >= 4 is 34.9 Å². The van der Waals surface area contributed by atoms with Crippen molar-refractivity contribution in [1.29, 1.82) is 0 Å². The second-order valence-electron chi connectivity index (χ2n) is 4.86. The largest absolute Gasteiger partial charge is 0.391 e. The monoisotopic (exact) mass is 282 g/mol. The van der Waals surface area contributed by atoms with Crippen molar-refractivity contribution in [2.75, 3.05) is 0 Å². The van der Waals surface area contributed by atoms with E-state index in [9.17, 15) is 5.11 Å². The van der Waals surface area contributed by atoms with Crippen LogP contribution in [0.2, 0.25) is 5.02 Å². The maximum atomic E-state index is 10.2. The molecule has 2 unspecified atom stereocenters. The standard InChI is InChI=1S/C13H15ClN2OS/c14-8-4-3-5-9-12(8)16(13(18)15-9)10-6-1-2-7-11(10)17/h3-5,10-11,17H,1-2,6-7H2,(H,15,18). The fraction of sp³-hybridized carbons (Fsp3) is 0.462. The van der Waals surface area contributed by atoms with E-state index in [0.29, 0.717) is 9.79 Å². The zero-order valence-electron chi connectivity index (χ0n) is 9.90. The summed E-state index contributed by atoms with van der Waals surface area (Å²) in [6, 6.07) is 5.76. The first-order valence-electron chi connectivity index (χ1n) is 6.25. The maximum absolute atomic E-state index is 10.2. The minimum atomic E-state index is -0.333. The lowest BCUT2D eigenvalue weighted by molar-refractivity contribution is 0.0767. The van der Waals surface area contributed by atoms with Crippen molar-refractivity contribution in [3.63, 3.8) is 0 Å². The number of fused-ring (bicyclic) bond motifs is 1. The summed E-state index contributed by atoms with van der Waals surface area (Å²) in [5.41, 5.74) is 1.85. The van der Waals surface area contributed by atoms with E-state index in [1.807, 2.05) is 22.8 Å². The first-order chi connectivity index (χ1) is 8.68. The Hall–Kier alpha value is -0.840. The zero-order chi connectivity index (χ0) is 12.7. The molecule has 1 aromatic carbocycles. The maximum Gasteiger partial charge on any atom is 0.178 e. The van der Waals surface area contributed by atoms with Crippen molar-refractivity contribution in [3.05, 3.63) is 28.0 Å². The van der Waals surface area contributed by atoms with Crippen molar-refractivity contribution in [2.45, 2.75) is 37.8 Å². The molecule has 0 saturated heterocycles. The van der Waals surface area contributed by atoms with E-state index < -0.39 is 0 Å². The molecular weight excluding hydrogens is 268 g/mol. The molecule has 0 radical (unpaired) electrons. The minimum absolute atomic E-state index is 0.0416. The molecule has 0 amide bonds. The van der Waals surface area contributed by atoms with Crippen LogP contribution >= 0.6 is 23.8 Å². The highest BCUT2D eigenvalue weighted by atomic mass is 35.5. The summed E-state index contributed by atoms with van der Waals surface area (Å²) in [6.07, 6.45) is 3.67. The van der Waals surface area contributed by atoms with Crippen LogP contribution in [0.3, 0.4) is 0 Å². The van der Waals surface area contributed by atoms with E-state index in [2.05, 4.69) is 4.98 Å². The molecule has 3 nitrogen and oxygen atoms in total. The Labute approximate surface area is 115 Å². The number of para-hydroxylation sites is 1. The summed E-state index contributed by atoms with van der Waals surface area (Å²) in [4.78, 5) is 3.17. The van der Waals surface area contributed by atoms with Gasteiger partial charge in [0.2, 0.25) is 0 Å². The third kappa shape index (κ3) is 1.88. The van der Waals surface area contributed by atoms with Crippen LogP contribution < -0.4 is 0 Å². The zero-order valence-corrected chi connectivity index (χ0v) is 11.5. The molecule has 2 atom stereocenters. The highest BCUT2D eigenvalue weighted by Gasteiger charge is 2.27. The van der Waals surface area contributed by atoms with Crippen LogP contribution in [-0.4, -0.2) is 20.8 Å². The molecule has 1 saturated carbocycles. The fourth-order valence-corrected chi connectivity index (χ4v) is 3.45. The smallest absolute Gasteiger partial charge is 0.178 e. The van der Waals surface area contributed by atoms with Crippen LogP contribution in [-0.2, 0) is 0 Å². The Morgan fingerprint density at radius 2 is 2.11 bits per heavy atom. The Bertz CT molecular complexity index is 633. The molecule has 1 fully saturated rings. The topological polar surface area (TPSA) is 41.0 Å². The summed E-state index contributed by atoms with van der Waals surface area (Å²) in [6.45, 7) is 0. The van der Waals surface area contributed by atoms with Gasteiger partial charge in [-0.25, -0.2) is 0 Å². The Morgan fingerprint density at radius 1 is 1.33 bits per heavy atom. The van der Waals surface area contributed by atoms with E-state index in [1.54, 1.807) is 0 Å². The Morgan fingerprint density at radius 3 is 2.89 bits per heavy atom. The molecule has 18 heavy (non-hydrogen) atoms. The van der Waals surface area contributed by atoms with Gasteiger partial charge in [-0.2, -0.15) is 0 Å². The molecule has 1 aromatic heterocycles. The number of nitrogens with zero attached hydrogens (tertiary/aromatic N) is 1. The number of H-pyrrole nitrogens is 1. The lowest BCUT2D eigenvalue weighted by atomic mass is 9.92. The molecule has 96 valence electrons. The number of aromatic nitrogens is 2. The fourth-order valence-electron chi connectivity index (χ4n) is 2.85. The van der Waals surface area contributed by atoms with Crippen LogP contribution in [0, 0.1) is 4.77 Å². The second kappa shape index (κ2) is 4.68. The number of halogens is 1. The molecule has 0 spiro atoms. The van der Waals surface area contributed by atoms with Gasteiger partial charge in [0.1, 0.15) is 0 Å². The molecule has 2 N–H and O–H groups in total. The first-order valence-corrected chi connectivity index (χ1v) is 7.04. The summed E-state index contributed by atoms with van der Waals surface area (Å²) in [7, 11) is 0. The van der Waals surface area contributed by atoms with E-state index >= 15 is 0 Å². The van der Waals surface area contributed by atoms with Gasteiger partial charge in [-0.1, -0.05) is 30.5 Å². The average molecular weight is 283 g/mol. The summed E-state index contributed by atoms with van der Waals surface area (Å²) in [5, 5.41) is 10.9. The Kier molecular flexibility index (Phi) is 3.18. The van der Waals surface area contributed by atoms with Gasteiger partial charge in [0.15, 0.2) is 4.77 Å². The highest BCUT2D eigenvalue weighted by Crippen LogP contribution is 2.34. The van der Waals surface area contributed by atoms with E-state index in [-0.39, 0.29) is 12.1 Å². The number of aromatic amines is 1. The minimum Gasteiger partial charge on any atom is -0.391 e. The lowest BCUT2D eigenvalue weighted by Gasteiger charge is -2.29. The van der Waals surface area contributed by atoms with Crippen LogP contribution in [0.4, 0.5) is 0 Å². The highest BCUT2D eigenvalue weighted by molar-refractivity contribution is 7.71.